The smallest absolute Gasteiger partial charge is 0.339 e. The molecule has 1 aliphatic rings. The number of carboxylic acids is 1. The molecule has 0 aliphatic carbocycles. The van der Waals surface area contributed by atoms with Crippen LogP contribution in [0.5, 0.6) is 0 Å². The Labute approximate surface area is 162 Å². The van der Waals surface area contributed by atoms with Crippen molar-refractivity contribution >= 4 is 29.1 Å². The van der Waals surface area contributed by atoms with Crippen LogP contribution in [0, 0.1) is 0 Å². The second kappa shape index (κ2) is 8.68. The first-order chi connectivity index (χ1) is 13.1. The minimum absolute atomic E-state index is 0.133. The molecule has 1 atom stereocenters. The predicted molar refractivity (Wildman–Crippen MR) is 107 cm³/mol. The van der Waals surface area contributed by atoms with Crippen LogP contribution in [-0.2, 0) is 20.0 Å². The molecular weight excluding hydrogens is 362 g/mol. The number of hydrogen-bond donors (Lipinski definition) is 2. The van der Waals surface area contributed by atoms with Gasteiger partial charge in [0.15, 0.2) is 0 Å². The topological polar surface area (TPSA) is 67.8 Å². The molecule has 1 aliphatic heterocycles. The number of hydrogen-bond acceptors (Lipinski definition) is 5. The lowest BCUT2D eigenvalue weighted by molar-refractivity contribution is -0.130. The Morgan fingerprint density at radius 2 is 1.93 bits per heavy atom. The van der Waals surface area contributed by atoms with Crippen molar-refractivity contribution in [3.05, 3.63) is 83.2 Å². The molecule has 0 saturated heterocycles. The molecule has 2 aromatic carbocycles. The van der Waals surface area contributed by atoms with E-state index in [1.165, 1.54) is 13.4 Å². The van der Waals surface area contributed by atoms with E-state index in [1.54, 1.807) is 17.8 Å². The van der Waals surface area contributed by atoms with E-state index in [-0.39, 0.29) is 11.1 Å². The monoisotopic (exact) mass is 383 g/mol. The molecule has 0 radical (unpaired) electrons. The molecule has 0 amide bonds. The maximum absolute atomic E-state index is 11.5. The molecule has 0 aromatic heterocycles. The quantitative estimate of drug-likeness (QED) is 0.549. The highest BCUT2D eigenvalue weighted by molar-refractivity contribution is 7.99. The molecule has 6 heteroatoms. The van der Waals surface area contributed by atoms with Gasteiger partial charge in [-0.05, 0) is 18.1 Å². The van der Waals surface area contributed by atoms with E-state index >= 15 is 0 Å². The van der Waals surface area contributed by atoms with Gasteiger partial charge < -0.3 is 19.9 Å². The average Bonchev–Trinajstić information content (AvgIpc) is 3.06. The van der Waals surface area contributed by atoms with Gasteiger partial charge in [-0.25, -0.2) is 4.79 Å². The zero-order chi connectivity index (χ0) is 19.2. The molecule has 1 unspecified atom stereocenters. The van der Waals surface area contributed by atoms with Crippen LogP contribution in [-0.4, -0.2) is 23.7 Å². The molecule has 27 heavy (non-hydrogen) atoms. The summed E-state index contributed by atoms with van der Waals surface area (Å²) in [6, 6.07) is 17.4. The third-order valence-corrected chi connectivity index (χ3v) is 5.09. The van der Waals surface area contributed by atoms with Crippen molar-refractivity contribution < 1.29 is 19.4 Å². The van der Waals surface area contributed by atoms with Crippen LogP contribution in [0.25, 0.3) is 11.3 Å². The summed E-state index contributed by atoms with van der Waals surface area (Å²) in [5, 5.41) is 12.8. The molecule has 3 rings (SSSR count). The first-order valence-electron chi connectivity index (χ1n) is 8.45. The number of benzene rings is 2. The number of allylic oxidation sites excluding steroid dienone is 1. The van der Waals surface area contributed by atoms with Gasteiger partial charge in [-0.3, -0.25) is 0 Å². The Hall–Kier alpha value is -2.86. The van der Waals surface area contributed by atoms with Crippen LogP contribution in [0.15, 0.2) is 66.6 Å². The highest BCUT2D eigenvalue weighted by Crippen LogP contribution is 2.32. The zero-order valence-electron chi connectivity index (χ0n) is 15.1. The van der Waals surface area contributed by atoms with Crippen LogP contribution >= 0.6 is 11.8 Å². The van der Waals surface area contributed by atoms with Crippen LogP contribution in [0.4, 0.5) is 0 Å². The van der Waals surface area contributed by atoms with Gasteiger partial charge in [-0.15, -0.1) is 0 Å². The highest BCUT2D eigenvalue weighted by atomic mass is 32.2. The molecule has 0 spiro atoms. The van der Waals surface area contributed by atoms with E-state index < -0.39 is 5.97 Å². The van der Waals surface area contributed by atoms with Gasteiger partial charge >= 0.3 is 5.97 Å². The summed E-state index contributed by atoms with van der Waals surface area (Å²) in [5.41, 5.74) is 3.47. The summed E-state index contributed by atoms with van der Waals surface area (Å²) in [6.07, 6.45) is 1.26. The summed E-state index contributed by atoms with van der Waals surface area (Å²) in [5.74, 6) is 0.414. The largest absolute Gasteiger partial charge is 0.503 e. The predicted octanol–water partition coefficient (Wildman–Crippen LogP) is 4.28. The second-order valence-corrected chi connectivity index (χ2v) is 7.00. The number of rotatable bonds is 7. The Bertz CT molecular complexity index is 877. The van der Waals surface area contributed by atoms with E-state index in [2.05, 4.69) is 5.32 Å². The van der Waals surface area contributed by atoms with Crippen molar-refractivity contribution in [1.29, 1.82) is 0 Å². The molecule has 2 N–H and O–H groups in total. The summed E-state index contributed by atoms with van der Waals surface area (Å²) in [6.45, 7) is 1.99. The number of aliphatic carboxylic acids is 1. The number of carbonyl (C=O) groups is 1. The SMILES string of the molecule is CO/C=C(/C(=O)O)c1ccccc1CSC1NC(C)=C(c2ccccc2)O1. The number of nitrogens with one attached hydrogen (secondary N) is 1. The summed E-state index contributed by atoms with van der Waals surface area (Å²) in [7, 11) is 1.44. The minimum atomic E-state index is -1.02. The molecule has 140 valence electrons. The van der Waals surface area contributed by atoms with Crippen LogP contribution in [0.2, 0.25) is 0 Å². The molecule has 1 heterocycles. The van der Waals surface area contributed by atoms with E-state index in [4.69, 9.17) is 9.47 Å². The summed E-state index contributed by atoms with van der Waals surface area (Å²) < 4.78 is 11.0. The van der Waals surface area contributed by atoms with Gasteiger partial charge in [0.25, 0.3) is 0 Å². The number of ether oxygens (including phenoxy) is 2. The van der Waals surface area contributed by atoms with Gasteiger partial charge in [0.2, 0.25) is 5.56 Å². The van der Waals surface area contributed by atoms with Crippen molar-refractivity contribution in [2.45, 2.75) is 18.2 Å². The fraction of sp³-hybridized carbons (Fsp3) is 0.190. The molecule has 5 nitrogen and oxygen atoms in total. The zero-order valence-corrected chi connectivity index (χ0v) is 16.0. The van der Waals surface area contributed by atoms with E-state index in [0.717, 1.165) is 22.6 Å². The minimum Gasteiger partial charge on any atom is -0.503 e. The fourth-order valence-electron chi connectivity index (χ4n) is 2.84. The number of carboxylic acid groups (broad SMARTS) is 1. The van der Waals surface area contributed by atoms with E-state index in [1.807, 2.05) is 55.5 Å². The van der Waals surface area contributed by atoms with E-state index in [0.29, 0.717) is 11.3 Å². The van der Waals surface area contributed by atoms with Crippen LogP contribution < -0.4 is 5.32 Å². The molecular formula is C21H21NO4S. The van der Waals surface area contributed by atoms with E-state index in [9.17, 15) is 9.90 Å². The lowest BCUT2D eigenvalue weighted by Gasteiger charge is -2.15. The number of methoxy groups -OCH3 is 1. The van der Waals surface area contributed by atoms with Gasteiger partial charge in [0, 0.05) is 11.3 Å². The van der Waals surface area contributed by atoms with Gasteiger partial charge in [-0.2, -0.15) is 0 Å². The fourth-order valence-corrected chi connectivity index (χ4v) is 3.85. The summed E-state index contributed by atoms with van der Waals surface area (Å²) in [4.78, 5) is 11.5. The van der Waals surface area contributed by atoms with Gasteiger partial charge in [-0.1, -0.05) is 66.4 Å². The maximum Gasteiger partial charge on any atom is 0.339 e. The van der Waals surface area contributed by atoms with Crippen molar-refractivity contribution in [3.63, 3.8) is 0 Å². The van der Waals surface area contributed by atoms with Crippen LogP contribution in [0.3, 0.4) is 0 Å². The Kier molecular flexibility index (Phi) is 6.08. The highest BCUT2D eigenvalue weighted by Gasteiger charge is 2.24. The van der Waals surface area contributed by atoms with Gasteiger partial charge in [0.05, 0.1) is 19.1 Å². The van der Waals surface area contributed by atoms with Crippen molar-refractivity contribution in [2.24, 2.45) is 0 Å². The Morgan fingerprint density at radius 1 is 1.22 bits per heavy atom. The molecule has 2 aromatic rings. The third kappa shape index (κ3) is 4.46. The molecule has 0 bridgehead atoms. The van der Waals surface area contributed by atoms with Crippen molar-refractivity contribution in [3.8, 4) is 0 Å². The molecule has 0 fully saturated rings. The second-order valence-electron chi connectivity index (χ2n) is 5.95. The third-order valence-electron chi connectivity index (χ3n) is 4.10. The van der Waals surface area contributed by atoms with Gasteiger partial charge in [0.1, 0.15) is 11.3 Å². The molecule has 0 saturated carbocycles. The Morgan fingerprint density at radius 3 is 2.63 bits per heavy atom. The van der Waals surface area contributed by atoms with Crippen molar-refractivity contribution in [1.82, 2.24) is 5.32 Å². The summed E-state index contributed by atoms with van der Waals surface area (Å²) >= 11 is 1.56. The lowest BCUT2D eigenvalue weighted by Crippen LogP contribution is -2.19. The average molecular weight is 383 g/mol. The standard InChI is InChI=1S/C21H21NO4S/c1-14-19(15-8-4-3-5-9-15)26-21(22-14)27-13-16-10-6-7-11-17(16)18(12-25-2)20(23)24/h3-12,21-22H,13H2,1-2H3,(H,23,24)/b18-12+. The first kappa shape index (κ1) is 18.9. The van der Waals surface area contributed by atoms with Crippen molar-refractivity contribution in [2.75, 3.05) is 7.11 Å². The first-order valence-corrected chi connectivity index (χ1v) is 9.50. The Balaban J connectivity index is 1.71. The normalized spacial score (nSPS) is 16.7. The lowest BCUT2D eigenvalue weighted by atomic mass is 10.0. The number of thioether (sulfide) groups is 1. The van der Waals surface area contributed by atoms with Crippen LogP contribution in [0.1, 0.15) is 23.6 Å². The maximum atomic E-state index is 11.5.